The first-order chi connectivity index (χ1) is 7.60. The zero-order valence-electron chi connectivity index (χ0n) is 8.89. The van der Waals surface area contributed by atoms with Crippen LogP contribution in [0, 0.1) is 0 Å². The van der Waals surface area contributed by atoms with E-state index in [1.165, 1.54) is 0 Å². The van der Waals surface area contributed by atoms with Gasteiger partial charge in [0.05, 0.1) is 11.2 Å². The maximum atomic E-state index is 6.28. The molecule has 1 aromatic heterocycles. The summed E-state index contributed by atoms with van der Waals surface area (Å²) in [5.41, 5.74) is 7.32. The van der Waals surface area contributed by atoms with Crippen molar-refractivity contribution < 1.29 is 0 Å². The third-order valence-corrected chi connectivity index (χ3v) is 2.71. The normalized spacial score (nSPS) is 14.4. The van der Waals surface area contributed by atoms with E-state index in [4.69, 9.17) is 17.3 Å². The van der Waals surface area contributed by atoms with E-state index in [2.05, 4.69) is 9.97 Å². The third kappa shape index (κ3) is 2.05. The average molecular weight is 234 g/mol. The Kier molecular flexibility index (Phi) is 2.90. The molecular formula is C12H12ClN3. The molecule has 2 rings (SSSR count). The quantitative estimate of drug-likeness (QED) is 0.811. The Morgan fingerprint density at radius 1 is 1.19 bits per heavy atom. The number of halogens is 1. The lowest BCUT2D eigenvalue weighted by Gasteiger charge is -2.24. The van der Waals surface area contributed by atoms with Crippen LogP contribution < -0.4 is 5.73 Å². The minimum Gasteiger partial charge on any atom is -0.317 e. The van der Waals surface area contributed by atoms with Crippen molar-refractivity contribution in [2.24, 2.45) is 5.73 Å². The first-order valence-electron chi connectivity index (χ1n) is 4.94. The molecule has 0 bridgehead atoms. The highest BCUT2D eigenvalue weighted by atomic mass is 35.5. The number of aromatic nitrogens is 2. The molecule has 1 heterocycles. The average Bonchev–Trinajstić information content (AvgIpc) is 2.30. The molecule has 0 aliphatic rings. The molecule has 0 fully saturated rings. The summed E-state index contributed by atoms with van der Waals surface area (Å²) in [4.78, 5) is 8.00. The molecule has 0 aliphatic carbocycles. The molecule has 2 N–H and O–H groups in total. The number of nitrogens with two attached hydrogens (primary N) is 1. The van der Waals surface area contributed by atoms with E-state index in [-0.39, 0.29) is 5.28 Å². The van der Waals surface area contributed by atoms with Crippen molar-refractivity contribution in [1.82, 2.24) is 9.97 Å². The summed E-state index contributed by atoms with van der Waals surface area (Å²) in [6.07, 6.45) is 1.61. The molecule has 3 nitrogen and oxygen atoms in total. The fourth-order valence-electron chi connectivity index (χ4n) is 1.56. The van der Waals surface area contributed by atoms with Gasteiger partial charge in [-0.1, -0.05) is 30.3 Å². The summed E-state index contributed by atoms with van der Waals surface area (Å²) in [6, 6.07) is 11.6. The van der Waals surface area contributed by atoms with E-state index < -0.39 is 5.54 Å². The van der Waals surface area contributed by atoms with Gasteiger partial charge in [0, 0.05) is 6.20 Å². The van der Waals surface area contributed by atoms with Gasteiger partial charge < -0.3 is 5.73 Å². The second kappa shape index (κ2) is 4.20. The van der Waals surface area contributed by atoms with Gasteiger partial charge in [0.15, 0.2) is 0 Å². The number of nitrogens with zero attached hydrogens (tertiary/aromatic N) is 2. The van der Waals surface area contributed by atoms with Crippen LogP contribution in [-0.2, 0) is 5.54 Å². The second-order valence-electron chi connectivity index (χ2n) is 3.78. The lowest BCUT2D eigenvalue weighted by Crippen LogP contribution is -2.35. The molecule has 0 saturated carbocycles. The van der Waals surface area contributed by atoms with Crippen molar-refractivity contribution in [2.75, 3.05) is 0 Å². The Morgan fingerprint density at radius 3 is 2.50 bits per heavy atom. The molecule has 16 heavy (non-hydrogen) atoms. The molecule has 1 unspecified atom stereocenters. The fraction of sp³-hybridized carbons (Fsp3) is 0.167. The van der Waals surface area contributed by atoms with Gasteiger partial charge in [-0.3, -0.25) is 0 Å². The predicted octanol–water partition coefficient (Wildman–Crippen LogP) is 2.35. The highest BCUT2D eigenvalue weighted by molar-refractivity contribution is 6.28. The van der Waals surface area contributed by atoms with E-state index in [0.29, 0.717) is 5.69 Å². The Balaban J connectivity index is 2.47. The number of benzene rings is 1. The molecule has 1 aromatic carbocycles. The molecule has 82 valence electrons. The fourth-order valence-corrected chi connectivity index (χ4v) is 1.70. The van der Waals surface area contributed by atoms with Crippen molar-refractivity contribution in [1.29, 1.82) is 0 Å². The van der Waals surface area contributed by atoms with Crippen LogP contribution >= 0.6 is 11.6 Å². The van der Waals surface area contributed by atoms with Crippen molar-refractivity contribution in [2.45, 2.75) is 12.5 Å². The molecule has 0 amide bonds. The van der Waals surface area contributed by atoms with Gasteiger partial charge in [0.1, 0.15) is 0 Å². The van der Waals surface area contributed by atoms with Gasteiger partial charge in [0.2, 0.25) is 5.28 Å². The molecule has 1 atom stereocenters. The number of hydrogen-bond donors (Lipinski definition) is 1. The van der Waals surface area contributed by atoms with Crippen LogP contribution in [0.15, 0.2) is 42.6 Å². The third-order valence-electron chi connectivity index (χ3n) is 2.53. The molecule has 0 saturated heterocycles. The monoisotopic (exact) mass is 233 g/mol. The topological polar surface area (TPSA) is 51.8 Å². The van der Waals surface area contributed by atoms with E-state index in [9.17, 15) is 0 Å². The van der Waals surface area contributed by atoms with Crippen LogP contribution in [0.3, 0.4) is 0 Å². The van der Waals surface area contributed by atoms with Crippen LogP contribution in [0.4, 0.5) is 0 Å². The lowest BCUT2D eigenvalue weighted by molar-refractivity contribution is 0.579. The smallest absolute Gasteiger partial charge is 0.222 e. The maximum absolute atomic E-state index is 6.28. The molecule has 2 aromatic rings. The largest absolute Gasteiger partial charge is 0.317 e. The predicted molar refractivity (Wildman–Crippen MR) is 64.1 cm³/mol. The Hall–Kier alpha value is -1.45. The van der Waals surface area contributed by atoms with Crippen LogP contribution in [0.5, 0.6) is 0 Å². The number of rotatable bonds is 2. The summed E-state index contributed by atoms with van der Waals surface area (Å²) in [5, 5.41) is 0.213. The van der Waals surface area contributed by atoms with E-state index >= 15 is 0 Å². The van der Waals surface area contributed by atoms with Gasteiger partial charge in [-0.15, -0.1) is 0 Å². The van der Waals surface area contributed by atoms with E-state index in [0.717, 1.165) is 5.56 Å². The SMILES string of the molecule is CC(N)(c1ccccc1)c1ccnc(Cl)n1. The second-order valence-corrected chi connectivity index (χ2v) is 4.12. The van der Waals surface area contributed by atoms with Crippen LogP contribution in [-0.4, -0.2) is 9.97 Å². The van der Waals surface area contributed by atoms with E-state index in [1.807, 2.05) is 37.3 Å². The Bertz CT molecular complexity index is 483. The van der Waals surface area contributed by atoms with Crippen LogP contribution in [0.25, 0.3) is 0 Å². The highest BCUT2D eigenvalue weighted by Gasteiger charge is 2.25. The summed E-state index contributed by atoms with van der Waals surface area (Å²) in [7, 11) is 0. The van der Waals surface area contributed by atoms with Gasteiger partial charge in [-0.2, -0.15) is 0 Å². The molecule has 0 spiro atoms. The maximum Gasteiger partial charge on any atom is 0.222 e. The zero-order chi connectivity index (χ0) is 11.6. The lowest BCUT2D eigenvalue weighted by atomic mass is 9.90. The van der Waals surface area contributed by atoms with Crippen LogP contribution in [0.2, 0.25) is 5.28 Å². The minimum atomic E-state index is -0.659. The van der Waals surface area contributed by atoms with Gasteiger partial charge in [-0.25, -0.2) is 9.97 Å². The van der Waals surface area contributed by atoms with Crippen LogP contribution in [0.1, 0.15) is 18.2 Å². The highest BCUT2D eigenvalue weighted by Crippen LogP contribution is 2.24. The first kappa shape index (κ1) is 11.0. The summed E-state index contributed by atoms with van der Waals surface area (Å²) < 4.78 is 0. The molecule has 4 heteroatoms. The standard InChI is InChI=1S/C12H12ClN3/c1-12(14,9-5-3-2-4-6-9)10-7-8-15-11(13)16-10/h2-8H,14H2,1H3. The minimum absolute atomic E-state index is 0.213. The molecular weight excluding hydrogens is 222 g/mol. The van der Waals surface area contributed by atoms with Crippen molar-refractivity contribution in [3.05, 3.63) is 59.1 Å². The number of hydrogen-bond acceptors (Lipinski definition) is 3. The Labute approximate surface area is 99.3 Å². The zero-order valence-corrected chi connectivity index (χ0v) is 9.65. The van der Waals surface area contributed by atoms with Crippen molar-refractivity contribution >= 4 is 11.6 Å². The van der Waals surface area contributed by atoms with Gasteiger partial charge in [-0.05, 0) is 30.2 Å². The first-order valence-corrected chi connectivity index (χ1v) is 5.32. The van der Waals surface area contributed by atoms with Gasteiger partial charge in [0.25, 0.3) is 0 Å². The summed E-state index contributed by atoms with van der Waals surface area (Å²) in [6.45, 7) is 1.90. The van der Waals surface area contributed by atoms with Crippen molar-refractivity contribution in [3.8, 4) is 0 Å². The van der Waals surface area contributed by atoms with Crippen molar-refractivity contribution in [3.63, 3.8) is 0 Å². The molecule has 0 aliphatic heterocycles. The van der Waals surface area contributed by atoms with E-state index in [1.54, 1.807) is 12.3 Å². The summed E-state index contributed by atoms with van der Waals surface area (Å²) in [5.74, 6) is 0. The summed E-state index contributed by atoms with van der Waals surface area (Å²) >= 11 is 5.76. The van der Waals surface area contributed by atoms with Gasteiger partial charge >= 0.3 is 0 Å². The Morgan fingerprint density at radius 2 is 1.88 bits per heavy atom. The molecule has 0 radical (unpaired) electrons.